The molecule has 1 heterocycles. The Morgan fingerprint density at radius 3 is 2.48 bits per heavy atom. The molecule has 1 aromatic heterocycles. The molecule has 0 spiro atoms. The molecule has 0 saturated heterocycles. The number of thiazole rings is 1. The van der Waals surface area contributed by atoms with E-state index in [0.717, 1.165) is 23.3 Å². The van der Waals surface area contributed by atoms with E-state index in [2.05, 4.69) is 4.98 Å². The lowest BCUT2D eigenvalue weighted by Gasteiger charge is -2.16. The van der Waals surface area contributed by atoms with E-state index in [1.54, 1.807) is 0 Å². The molecular weight excluding hydrogens is 455 g/mol. The van der Waals surface area contributed by atoms with Gasteiger partial charge in [-0.3, -0.25) is 0 Å². The van der Waals surface area contributed by atoms with Gasteiger partial charge in [0.2, 0.25) is 0 Å². The molecule has 0 aliphatic heterocycles. The maximum atomic E-state index is 12.7. The van der Waals surface area contributed by atoms with E-state index in [9.17, 15) is 18.0 Å². The van der Waals surface area contributed by atoms with Crippen LogP contribution < -0.4 is 4.74 Å². The average molecular weight is 480 g/mol. The first-order chi connectivity index (χ1) is 15.7. The zero-order valence-corrected chi connectivity index (χ0v) is 19.3. The fraction of sp³-hybridized carbons (Fsp3) is 0.333. The molecule has 0 fully saturated rings. The molecule has 5 nitrogen and oxygen atoms in total. The minimum absolute atomic E-state index is 0.222. The van der Waals surface area contributed by atoms with Crippen LogP contribution in [0.4, 0.5) is 13.2 Å². The molecule has 0 bridgehead atoms. The van der Waals surface area contributed by atoms with Gasteiger partial charge in [0.15, 0.2) is 6.10 Å². The molecule has 0 unspecified atom stereocenters. The summed E-state index contributed by atoms with van der Waals surface area (Å²) in [4.78, 5) is 16.3. The molecule has 1 atom stereocenters. The summed E-state index contributed by atoms with van der Waals surface area (Å²) in [6.45, 7) is 4.37. The highest BCUT2D eigenvalue weighted by atomic mass is 32.1. The smallest absolute Gasteiger partial charge is 0.416 e. The van der Waals surface area contributed by atoms with Crippen molar-refractivity contribution in [3.63, 3.8) is 0 Å². The summed E-state index contributed by atoms with van der Waals surface area (Å²) in [7, 11) is 1.33. The Labute approximate surface area is 194 Å². The van der Waals surface area contributed by atoms with E-state index in [0.29, 0.717) is 35.0 Å². The van der Waals surface area contributed by atoms with Crippen LogP contribution in [0.3, 0.4) is 0 Å². The fourth-order valence-electron chi connectivity index (χ4n) is 3.19. The van der Waals surface area contributed by atoms with E-state index in [4.69, 9.17) is 14.2 Å². The van der Waals surface area contributed by atoms with Crippen molar-refractivity contribution < 1.29 is 32.2 Å². The van der Waals surface area contributed by atoms with Gasteiger partial charge in [-0.05, 0) is 49.2 Å². The molecular formula is C24H24F3NO4S. The summed E-state index contributed by atoms with van der Waals surface area (Å²) in [5, 5.41) is 2.44. The monoisotopic (exact) mass is 479 g/mol. The molecule has 176 valence electrons. The van der Waals surface area contributed by atoms with Crippen LogP contribution in [0.2, 0.25) is 0 Å². The maximum absolute atomic E-state index is 12.7. The number of ether oxygens (including phenoxy) is 3. The van der Waals surface area contributed by atoms with Crippen LogP contribution in [0.15, 0.2) is 47.8 Å². The second-order valence-electron chi connectivity index (χ2n) is 7.27. The molecule has 0 saturated carbocycles. The summed E-state index contributed by atoms with van der Waals surface area (Å²) in [5.74, 6) is 0.232. The highest BCUT2D eigenvalue weighted by Gasteiger charge is 2.30. The maximum Gasteiger partial charge on any atom is 0.416 e. The number of nitrogens with zero attached hydrogens (tertiary/aromatic N) is 1. The van der Waals surface area contributed by atoms with Gasteiger partial charge >= 0.3 is 12.1 Å². The summed E-state index contributed by atoms with van der Waals surface area (Å²) in [6.07, 6.45) is -4.63. The highest BCUT2D eigenvalue weighted by Crippen LogP contribution is 2.32. The van der Waals surface area contributed by atoms with Gasteiger partial charge in [0.05, 0.1) is 18.4 Å². The molecule has 2 aromatic carbocycles. The Morgan fingerprint density at radius 1 is 1.15 bits per heavy atom. The molecule has 3 rings (SSSR count). The van der Waals surface area contributed by atoms with Crippen LogP contribution in [0.1, 0.15) is 29.3 Å². The highest BCUT2D eigenvalue weighted by molar-refractivity contribution is 7.13. The zero-order valence-electron chi connectivity index (χ0n) is 18.4. The Hall–Kier alpha value is -2.91. The quantitative estimate of drug-likeness (QED) is 0.361. The predicted molar refractivity (Wildman–Crippen MR) is 119 cm³/mol. The van der Waals surface area contributed by atoms with Crippen molar-refractivity contribution in [2.24, 2.45) is 0 Å². The number of esters is 1. The number of alkyl halides is 3. The number of carbonyl (C=O) groups is 1. The first-order valence-corrected chi connectivity index (χ1v) is 11.1. The van der Waals surface area contributed by atoms with Gasteiger partial charge in [-0.25, -0.2) is 9.78 Å². The van der Waals surface area contributed by atoms with Crippen molar-refractivity contribution in [2.45, 2.75) is 39.2 Å². The Balaban J connectivity index is 1.62. The summed E-state index contributed by atoms with van der Waals surface area (Å²) in [5.41, 5.74) is 2.51. The van der Waals surface area contributed by atoms with Gasteiger partial charge in [-0.15, -0.1) is 11.3 Å². The van der Waals surface area contributed by atoms with Crippen LogP contribution in [-0.2, 0) is 33.5 Å². The number of aryl methyl sites for hydroxylation is 1. The van der Waals surface area contributed by atoms with Gasteiger partial charge in [0.1, 0.15) is 17.4 Å². The Kier molecular flexibility index (Phi) is 8.10. The predicted octanol–water partition coefficient (Wildman–Crippen LogP) is 5.84. The standard InChI is InChI=1S/C24H24F3NO4S/c1-4-31-21(23(29)30-3)12-17-7-10-20(11-15(17)2)32-13-19-14-33-22(28-19)16-5-8-18(9-6-16)24(25,26)27/h5-11,14,21H,4,12-13H2,1-3H3/t21-/m0/s1. The van der Waals surface area contributed by atoms with Crippen molar-refractivity contribution >= 4 is 17.3 Å². The third kappa shape index (κ3) is 6.55. The van der Waals surface area contributed by atoms with Crippen LogP contribution in [0.5, 0.6) is 5.75 Å². The van der Waals surface area contributed by atoms with Gasteiger partial charge in [0, 0.05) is 24.0 Å². The van der Waals surface area contributed by atoms with Crippen LogP contribution in [0, 0.1) is 6.92 Å². The Morgan fingerprint density at radius 2 is 1.88 bits per heavy atom. The van der Waals surface area contributed by atoms with Gasteiger partial charge < -0.3 is 14.2 Å². The average Bonchev–Trinajstić information content (AvgIpc) is 3.27. The van der Waals surface area contributed by atoms with Crippen molar-refractivity contribution in [1.82, 2.24) is 4.98 Å². The van der Waals surface area contributed by atoms with E-state index in [1.165, 1.54) is 30.6 Å². The number of benzene rings is 2. The number of hydrogen-bond acceptors (Lipinski definition) is 6. The molecule has 0 aliphatic carbocycles. The minimum atomic E-state index is -4.36. The molecule has 3 aromatic rings. The van der Waals surface area contributed by atoms with Crippen LogP contribution in [-0.4, -0.2) is 30.8 Å². The molecule has 9 heteroatoms. The van der Waals surface area contributed by atoms with E-state index in [1.807, 2.05) is 37.4 Å². The zero-order chi connectivity index (χ0) is 24.0. The van der Waals surface area contributed by atoms with Gasteiger partial charge in [-0.1, -0.05) is 18.2 Å². The first kappa shape index (κ1) is 24.7. The number of carbonyl (C=O) groups excluding carboxylic acids is 1. The third-order valence-electron chi connectivity index (χ3n) is 4.95. The number of rotatable bonds is 9. The summed E-state index contributed by atoms with van der Waals surface area (Å²) >= 11 is 1.34. The first-order valence-electron chi connectivity index (χ1n) is 10.2. The number of halogens is 3. The molecule has 0 radical (unpaired) electrons. The normalized spacial score (nSPS) is 12.4. The second-order valence-corrected chi connectivity index (χ2v) is 8.13. The molecule has 0 N–H and O–H groups in total. The minimum Gasteiger partial charge on any atom is -0.487 e. The lowest BCUT2D eigenvalue weighted by Crippen LogP contribution is -2.28. The fourth-order valence-corrected chi connectivity index (χ4v) is 4.01. The molecule has 0 amide bonds. The van der Waals surface area contributed by atoms with Crippen LogP contribution >= 0.6 is 11.3 Å². The van der Waals surface area contributed by atoms with Crippen molar-refractivity contribution in [3.8, 4) is 16.3 Å². The number of methoxy groups -OCH3 is 1. The Bertz CT molecular complexity index is 1080. The lowest BCUT2D eigenvalue weighted by molar-refractivity contribution is -0.153. The second kappa shape index (κ2) is 10.8. The van der Waals surface area contributed by atoms with Crippen molar-refractivity contribution in [1.29, 1.82) is 0 Å². The lowest BCUT2D eigenvalue weighted by atomic mass is 10.0. The number of aromatic nitrogens is 1. The summed E-state index contributed by atoms with van der Waals surface area (Å²) in [6, 6.07) is 10.5. The van der Waals surface area contributed by atoms with Crippen molar-refractivity contribution in [2.75, 3.05) is 13.7 Å². The van der Waals surface area contributed by atoms with Crippen molar-refractivity contribution in [3.05, 3.63) is 70.2 Å². The molecule has 33 heavy (non-hydrogen) atoms. The van der Waals surface area contributed by atoms with E-state index >= 15 is 0 Å². The third-order valence-corrected chi connectivity index (χ3v) is 5.89. The number of hydrogen-bond donors (Lipinski definition) is 0. The van der Waals surface area contributed by atoms with E-state index < -0.39 is 23.8 Å². The van der Waals surface area contributed by atoms with Crippen LogP contribution in [0.25, 0.3) is 10.6 Å². The summed E-state index contributed by atoms with van der Waals surface area (Å²) < 4.78 is 54.3. The SMILES string of the molecule is CCO[C@@H](Cc1ccc(OCc2csc(-c3ccc(C(F)(F)F)cc3)n2)cc1C)C(=O)OC. The van der Waals surface area contributed by atoms with Gasteiger partial charge in [0.25, 0.3) is 0 Å². The topological polar surface area (TPSA) is 57.7 Å². The van der Waals surface area contributed by atoms with Gasteiger partial charge in [-0.2, -0.15) is 13.2 Å². The molecule has 0 aliphatic rings. The van der Waals surface area contributed by atoms with E-state index in [-0.39, 0.29) is 6.61 Å². The largest absolute Gasteiger partial charge is 0.487 e.